The largest absolute Gasteiger partial charge is 0.450 e. The Bertz CT molecular complexity index is 341. The normalized spacial score (nSPS) is 21.0. The van der Waals surface area contributed by atoms with E-state index in [1.165, 1.54) is 38.5 Å². The van der Waals surface area contributed by atoms with Crippen molar-refractivity contribution in [3.63, 3.8) is 0 Å². The fourth-order valence-electron chi connectivity index (χ4n) is 3.75. The van der Waals surface area contributed by atoms with Crippen LogP contribution in [0, 0.1) is 11.8 Å². The Hall–Kier alpha value is -0.590. The minimum Gasteiger partial charge on any atom is -0.450 e. The van der Waals surface area contributed by atoms with Crippen LogP contribution in [0.1, 0.15) is 64.2 Å². The fourth-order valence-corrected chi connectivity index (χ4v) is 3.99. The van der Waals surface area contributed by atoms with E-state index in [0.29, 0.717) is 5.75 Å². The molecule has 21 heavy (non-hydrogen) atoms. The van der Waals surface area contributed by atoms with Gasteiger partial charge in [0.15, 0.2) is 0 Å². The molecule has 0 spiro atoms. The molecule has 2 fully saturated rings. The minimum atomic E-state index is -0.465. The molecule has 0 saturated heterocycles. The zero-order valence-corrected chi connectivity index (χ0v) is 14.0. The first-order chi connectivity index (χ1) is 10.4. The van der Waals surface area contributed by atoms with Gasteiger partial charge in [-0.1, -0.05) is 82.4 Å². The fraction of sp³-hybridized carbons (Fsp3) is 0.667. The van der Waals surface area contributed by atoms with Crippen LogP contribution in [0.25, 0.3) is 0 Å². The molecule has 1 aromatic carbocycles. The van der Waals surface area contributed by atoms with E-state index in [1.807, 2.05) is 18.2 Å². The van der Waals surface area contributed by atoms with Crippen molar-refractivity contribution >= 4 is 9.03 Å². The van der Waals surface area contributed by atoms with Crippen LogP contribution in [0.3, 0.4) is 0 Å². The lowest BCUT2D eigenvalue weighted by Gasteiger charge is -2.32. The van der Waals surface area contributed by atoms with Crippen molar-refractivity contribution in [1.82, 2.24) is 0 Å². The molecule has 0 amide bonds. The molecule has 1 aromatic rings. The summed E-state index contributed by atoms with van der Waals surface area (Å²) in [5.74, 6) is 2.98. The monoisotopic (exact) mass is 308 g/mol. The average Bonchev–Trinajstić information content (AvgIpc) is 2.58. The summed E-state index contributed by atoms with van der Waals surface area (Å²) < 4.78 is 4.79. The predicted molar refractivity (Wildman–Crippen MR) is 90.8 cm³/mol. The van der Waals surface area contributed by atoms with Crippen molar-refractivity contribution in [2.75, 3.05) is 0 Å². The van der Waals surface area contributed by atoms with Crippen LogP contribution in [-0.2, 0) is 0 Å². The van der Waals surface area contributed by atoms with Crippen molar-refractivity contribution in [2.24, 2.45) is 11.8 Å². The topological polar surface area (TPSA) is 29.5 Å². The molecule has 0 heterocycles. The standard InChI is InChI=1S/C12H22.C6H7O2P/c1-3-7-11(8-4-1)12-9-5-2-6-10-12;7-9-8-6-4-2-1-3-5-6/h11-12H,1-10H2;1-5,7,9H. The summed E-state index contributed by atoms with van der Waals surface area (Å²) in [6.45, 7) is 0. The summed E-state index contributed by atoms with van der Waals surface area (Å²) in [4.78, 5) is 8.33. The maximum atomic E-state index is 8.33. The second-order valence-electron chi connectivity index (χ2n) is 6.30. The third kappa shape index (κ3) is 6.36. The van der Waals surface area contributed by atoms with Crippen molar-refractivity contribution < 1.29 is 9.42 Å². The zero-order chi connectivity index (χ0) is 14.8. The van der Waals surface area contributed by atoms with Gasteiger partial charge in [-0.15, -0.1) is 0 Å². The van der Waals surface area contributed by atoms with E-state index in [1.54, 1.807) is 37.8 Å². The quantitative estimate of drug-likeness (QED) is 0.724. The summed E-state index contributed by atoms with van der Waals surface area (Å²) in [7, 11) is -0.465. The molecule has 1 unspecified atom stereocenters. The van der Waals surface area contributed by atoms with Gasteiger partial charge in [0.1, 0.15) is 5.75 Å². The van der Waals surface area contributed by atoms with Gasteiger partial charge in [-0.05, 0) is 24.0 Å². The van der Waals surface area contributed by atoms with E-state index >= 15 is 0 Å². The Balaban J connectivity index is 0.000000161. The first-order valence-electron chi connectivity index (χ1n) is 8.51. The Morgan fingerprint density at radius 1 is 0.762 bits per heavy atom. The SMILES string of the molecule is C1CCC(C2CCCCC2)CC1.OPOc1ccccc1. The molecule has 2 aliphatic carbocycles. The van der Waals surface area contributed by atoms with Crippen LogP contribution < -0.4 is 4.52 Å². The molecule has 0 aliphatic heterocycles. The number of hydrogen-bond acceptors (Lipinski definition) is 2. The van der Waals surface area contributed by atoms with Crippen LogP contribution in [0.5, 0.6) is 5.75 Å². The van der Waals surface area contributed by atoms with E-state index in [9.17, 15) is 0 Å². The molecule has 2 nitrogen and oxygen atoms in total. The van der Waals surface area contributed by atoms with Gasteiger partial charge in [-0.3, -0.25) is 0 Å². The summed E-state index contributed by atoms with van der Waals surface area (Å²) in [5.41, 5.74) is 0. The molecular weight excluding hydrogens is 279 g/mol. The lowest BCUT2D eigenvalue weighted by molar-refractivity contribution is 0.196. The van der Waals surface area contributed by atoms with E-state index in [-0.39, 0.29) is 0 Å². The maximum absolute atomic E-state index is 8.33. The lowest BCUT2D eigenvalue weighted by atomic mass is 9.73. The Morgan fingerprint density at radius 2 is 1.24 bits per heavy atom. The second-order valence-corrected chi connectivity index (χ2v) is 6.69. The molecular formula is C18H29O2P. The Morgan fingerprint density at radius 3 is 1.67 bits per heavy atom. The number of rotatable bonds is 3. The summed E-state index contributed by atoms with van der Waals surface area (Å²) >= 11 is 0. The van der Waals surface area contributed by atoms with E-state index in [0.717, 1.165) is 11.8 Å². The zero-order valence-electron chi connectivity index (χ0n) is 13.0. The summed E-state index contributed by atoms with van der Waals surface area (Å²) in [6, 6.07) is 9.20. The Kier molecular flexibility index (Phi) is 8.14. The first kappa shape index (κ1) is 16.8. The van der Waals surface area contributed by atoms with Crippen molar-refractivity contribution in [3.8, 4) is 5.75 Å². The molecule has 0 bridgehead atoms. The third-order valence-electron chi connectivity index (χ3n) is 4.87. The number of benzene rings is 1. The van der Waals surface area contributed by atoms with Gasteiger partial charge in [0, 0.05) is 0 Å². The predicted octanol–water partition coefficient (Wildman–Crippen LogP) is 5.71. The van der Waals surface area contributed by atoms with Crippen LogP contribution in [0.15, 0.2) is 30.3 Å². The van der Waals surface area contributed by atoms with Crippen LogP contribution >= 0.6 is 9.03 Å². The molecule has 1 atom stereocenters. The highest BCUT2D eigenvalue weighted by atomic mass is 31.1. The van der Waals surface area contributed by atoms with Gasteiger partial charge in [0.2, 0.25) is 9.03 Å². The second kappa shape index (κ2) is 10.2. The smallest absolute Gasteiger partial charge is 0.212 e. The van der Waals surface area contributed by atoms with Gasteiger partial charge in [-0.2, -0.15) is 0 Å². The van der Waals surface area contributed by atoms with Crippen LogP contribution in [-0.4, -0.2) is 4.89 Å². The van der Waals surface area contributed by atoms with Crippen LogP contribution in [0.4, 0.5) is 0 Å². The first-order valence-corrected chi connectivity index (χ1v) is 9.36. The van der Waals surface area contributed by atoms with Gasteiger partial charge in [0.05, 0.1) is 0 Å². The molecule has 0 aromatic heterocycles. The molecule has 2 aliphatic rings. The maximum Gasteiger partial charge on any atom is 0.212 e. The summed E-state index contributed by atoms with van der Waals surface area (Å²) in [6.07, 6.45) is 15.4. The van der Waals surface area contributed by atoms with E-state index in [2.05, 4.69) is 0 Å². The van der Waals surface area contributed by atoms with Gasteiger partial charge >= 0.3 is 0 Å². The van der Waals surface area contributed by atoms with E-state index < -0.39 is 9.03 Å². The molecule has 118 valence electrons. The number of hydrogen-bond donors (Lipinski definition) is 1. The van der Waals surface area contributed by atoms with Crippen molar-refractivity contribution in [2.45, 2.75) is 64.2 Å². The minimum absolute atomic E-state index is 0.465. The molecule has 3 rings (SSSR count). The molecule has 0 radical (unpaired) electrons. The van der Waals surface area contributed by atoms with Gasteiger partial charge in [0.25, 0.3) is 0 Å². The highest BCUT2D eigenvalue weighted by Gasteiger charge is 2.24. The molecule has 2 saturated carbocycles. The highest BCUT2D eigenvalue weighted by molar-refractivity contribution is 7.25. The van der Waals surface area contributed by atoms with Gasteiger partial charge in [-0.25, -0.2) is 0 Å². The molecule has 1 N–H and O–H groups in total. The molecule has 3 heteroatoms. The Labute approximate surface area is 131 Å². The average molecular weight is 308 g/mol. The highest BCUT2D eigenvalue weighted by Crippen LogP contribution is 2.37. The van der Waals surface area contributed by atoms with Crippen molar-refractivity contribution in [3.05, 3.63) is 30.3 Å². The number of para-hydroxylation sites is 1. The van der Waals surface area contributed by atoms with Crippen molar-refractivity contribution in [1.29, 1.82) is 0 Å². The van der Waals surface area contributed by atoms with Crippen LogP contribution in [0.2, 0.25) is 0 Å². The third-order valence-corrected chi connectivity index (χ3v) is 5.20. The van der Waals surface area contributed by atoms with E-state index in [4.69, 9.17) is 9.42 Å². The lowest BCUT2D eigenvalue weighted by Crippen LogP contribution is -2.20. The van der Waals surface area contributed by atoms with Gasteiger partial charge < -0.3 is 9.42 Å². The summed E-state index contributed by atoms with van der Waals surface area (Å²) in [5, 5.41) is 0.